The van der Waals surface area contributed by atoms with E-state index in [2.05, 4.69) is 15.5 Å². The molecule has 3 rings (SSSR count). The Morgan fingerprint density at radius 1 is 1.28 bits per heavy atom. The maximum Gasteiger partial charge on any atom is 0.246 e. The van der Waals surface area contributed by atoms with Crippen LogP contribution in [0, 0.1) is 26.7 Å². The minimum absolute atomic E-state index is 0.0198. The van der Waals surface area contributed by atoms with Gasteiger partial charge in [0.2, 0.25) is 15.9 Å². The number of amides is 1. The fourth-order valence-electron chi connectivity index (χ4n) is 3.75. The molecule has 0 spiro atoms. The van der Waals surface area contributed by atoms with Gasteiger partial charge in [0.25, 0.3) is 0 Å². The zero-order valence-electron chi connectivity index (χ0n) is 17.7. The first-order valence-corrected chi connectivity index (χ1v) is 11.3. The normalized spacial score (nSPS) is 17.4. The van der Waals surface area contributed by atoms with Gasteiger partial charge in [-0.2, -0.15) is 14.5 Å². The third-order valence-corrected chi connectivity index (χ3v) is 7.57. The van der Waals surface area contributed by atoms with Crippen molar-refractivity contribution in [3.05, 3.63) is 29.3 Å². The second kappa shape index (κ2) is 8.27. The molecule has 1 amide bonds. The maximum atomic E-state index is 12.9. The SMILES string of the molecule is Cc1cc(C)n(C[C@@H](C)NC(=O)C2CCN(S(=O)(=O)c3cnn(C)c3C)CC2)n1. The molecule has 1 N–H and O–H groups in total. The summed E-state index contributed by atoms with van der Waals surface area (Å²) in [6, 6.07) is 1.95. The molecule has 1 aliphatic rings. The van der Waals surface area contributed by atoms with Gasteiger partial charge >= 0.3 is 0 Å². The van der Waals surface area contributed by atoms with Crippen molar-refractivity contribution in [3.63, 3.8) is 0 Å². The van der Waals surface area contributed by atoms with E-state index in [1.54, 1.807) is 18.7 Å². The van der Waals surface area contributed by atoms with Gasteiger partial charge in [-0.05, 0) is 46.6 Å². The number of rotatable bonds is 6. The number of sulfonamides is 1. The molecule has 0 radical (unpaired) electrons. The van der Waals surface area contributed by atoms with Crippen molar-refractivity contribution in [1.29, 1.82) is 0 Å². The average Bonchev–Trinajstić information content (AvgIpc) is 3.16. The van der Waals surface area contributed by atoms with Crippen LogP contribution in [0.4, 0.5) is 0 Å². The molecule has 0 aliphatic carbocycles. The number of nitrogens with one attached hydrogen (secondary N) is 1. The van der Waals surface area contributed by atoms with Gasteiger partial charge in [-0.3, -0.25) is 14.2 Å². The van der Waals surface area contributed by atoms with Crippen LogP contribution in [0.5, 0.6) is 0 Å². The molecule has 160 valence electrons. The first kappa shape index (κ1) is 21.5. The molecule has 3 heterocycles. The Kier molecular flexibility index (Phi) is 6.13. The van der Waals surface area contributed by atoms with Gasteiger partial charge < -0.3 is 5.32 Å². The number of aryl methyl sites for hydroxylation is 3. The highest BCUT2D eigenvalue weighted by atomic mass is 32.2. The Morgan fingerprint density at radius 3 is 2.45 bits per heavy atom. The first-order chi connectivity index (χ1) is 13.6. The second-order valence-electron chi connectivity index (χ2n) is 7.92. The summed E-state index contributed by atoms with van der Waals surface area (Å²) in [5.74, 6) is -0.201. The molecule has 1 saturated heterocycles. The lowest BCUT2D eigenvalue weighted by Crippen LogP contribution is -2.45. The monoisotopic (exact) mass is 422 g/mol. The summed E-state index contributed by atoms with van der Waals surface area (Å²) >= 11 is 0. The molecule has 9 nitrogen and oxygen atoms in total. The molecule has 1 fully saturated rings. The third kappa shape index (κ3) is 4.53. The number of carbonyl (C=O) groups is 1. The summed E-state index contributed by atoms with van der Waals surface area (Å²) in [6.07, 6.45) is 2.41. The second-order valence-corrected chi connectivity index (χ2v) is 9.82. The Labute approximate surface area is 172 Å². The zero-order valence-corrected chi connectivity index (χ0v) is 18.5. The fraction of sp³-hybridized carbons (Fsp3) is 0.632. The molecular weight excluding hydrogens is 392 g/mol. The Balaban J connectivity index is 1.55. The van der Waals surface area contributed by atoms with Crippen LogP contribution in [0.15, 0.2) is 17.2 Å². The molecule has 2 aromatic rings. The van der Waals surface area contributed by atoms with E-state index in [4.69, 9.17) is 0 Å². The van der Waals surface area contributed by atoms with E-state index in [0.29, 0.717) is 38.2 Å². The van der Waals surface area contributed by atoms with E-state index in [0.717, 1.165) is 11.4 Å². The molecule has 0 saturated carbocycles. The molecule has 0 bridgehead atoms. The number of hydrogen-bond acceptors (Lipinski definition) is 5. The highest BCUT2D eigenvalue weighted by Gasteiger charge is 2.34. The molecule has 0 unspecified atom stereocenters. The van der Waals surface area contributed by atoms with Gasteiger partial charge in [0, 0.05) is 37.8 Å². The van der Waals surface area contributed by atoms with E-state index in [-0.39, 0.29) is 22.8 Å². The summed E-state index contributed by atoms with van der Waals surface area (Å²) in [5, 5.41) is 11.5. The smallest absolute Gasteiger partial charge is 0.246 e. The number of piperidine rings is 1. The number of carbonyl (C=O) groups excluding carboxylic acids is 1. The Hall–Kier alpha value is -2.20. The van der Waals surface area contributed by atoms with Crippen molar-refractivity contribution in [1.82, 2.24) is 29.2 Å². The van der Waals surface area contributed by atoms with Gasteiger partial charge in [-0.15, -0.1) is 0 Å². The van der Waals surface area contributed by atoms with E-state index >= 15 is 0 Å². The van der Waals surface area contributed by atoms with Crippen molar-refractivity contribution in [2.75, 3.05) is 13.1 Å². The van der Waals surface area contributed by atoms with E-state index in [1.165, 1.54) is 10.5 Å². The highest BCUT2D eigenvalue weighted by Crippen LogP contribution is 2.25. The van der Waals surface area contributed by atoms with Gasteiger partial charge in [0.1, 0.15) is 4.90 Å². The number of hydrogen-bond donors (Lipinski definition) is 1. The van der Waals surface area contributed by atoms with Crippen LogP contribution in [0.1, 0.15) is 36.8 Å². The predicted octanol–water partition coefficient (Wildman–Crippen LogP) is 1.15. The van der Waals surface area contributed by atoms with Gasteiger partial charge in [0.15, 0.2) is 0 Å². The van der Waals surface area contributed by atoms with E-state index in [9.17, 15) is 13.2 Å². The highest BCUT2D eigenvalue weighted by molar-refractivity contribution is 7.89. The summed E-state index contributed by atoms with van der Waals surface area (Å²) in [4.78, 5) is 12.9. The van der Waals surface area contributed by atoms with Crippen molar-refractivity contribution in [2.45, 2.75) is 58.0 Å². The molecule has 29 heavy (non-hydrogen) atoms. The summed E-state index contributed by atoms with van der Waals surface area (Å²) in [7, 11) is -1.86. The lowest BCUT2D eigenvalue weighted by atomic mass is 9.97. The maximum absolute atomic E-state index is 12.9. The van der Waals surface area contributed by atoms with E-state index in [1.807, 2.05) is 31.5 Å². The minimum Gasteiger partial charge on any atom is -0.352 e. The standard InChI is InChI=1S/C19H30N6O3S/c1-13-10-15(3)25(22-13)12-14(2)21-19(26)17-6-8-24(9-7-17)29(27,28)18-11-20-23(5)16(18)4/h10-11,14,17H,6-9,12H2,1-5H3,(H,21,26)/t14-/m1/s1. The summed E-state index contributed by atoms with van der Waals surface area (Å²) < 4.78 is 30.7. The van der Waals surface area contributed by atoms with Crippen LogP contribution in [0.2, 0.25) is 0 Å². The number of aromatic nitrogens is 4. The largest absolute Gasteiger partial charge is 0.352 e. The van der Waals surface area contributed by atoms with E-state index < -0.39 is 10.0 Å². The minimum atomic E-state index is -3.58. The number of nitrogens with zero attached hydrogens (tertiary/aromatic N) is 5. The van der Waals surface area contributed by atoms with Crippen molar-refractivity contribution >= 4 is 15.9 Å². The van der Waals surface area contributed by atoms with Gasteiger partial charge in [0.05, 0.1) is 24.1 Å². The molecule has 1 aliphatic heterocycles. The molecule has 10 heteroatoms. The summed E-state index contributed by atoms with van der Waals surface area (Å²) in [5.41, 5.74) is 2.63. The fourth-order valence-corrected chi connectivity index (χ4v) is 5.41. The van der Waals surface area contributed by atoms with Crippen LogP contribution in [-0.4, -0.2) is 57.3 Å². The van der Waals surface area contributed by atoms with Crippen LogP contribution in [0.3, 0.4) is 0 Å². The molecular formula is C19H30N6O3S. The quantitative estimate of drug-likeness (QED) is 0.752. The Bertz CT molecular complexity index is 986. The summed E-state index contributed by atoms with van der Waals surface area (Å²) in [6.45, 7) is 8.92. The lowest BCUT2D eigenvalue weighted by Gasteiger charge is -2.31. The van der Waals surface area contributed by atoms with Crippen LogP contribution in [0.25, 0.3) is 0 Å². The Morgan fingerprint density at radius 2 is 1.93 bits per heavy atom. The molecule has 2 aromatic heterocycles. The van der Waals surface area contributed by atoms with Gasteiger partial charge in [-0.25, -0.2) is 8.42 Å². The molecule has 0 aromatic carbocycles. The van der Waals surface area contributed by atoms with Crippen LogP contribution < -0.4 is 5.32 Å². The van der Waals surface area contributed by atoms with Crippen molar-refractivity contribution in [3.8, 4) is 0 Å². The van der Waals surface area contributed by atoms with Gasteiger partial charge in [-0.1, -0.05) is 0 Å². The van der Waals surface area contributed by atoms with Crippen LogP contribution >= 0.6 is 0 Å². The predicted molar refractivity (Wildman–Crippen MR) is 109 cm³/mol. The zero-order chi connectivity index (χ0) is 21.3. The third-order valence-electron chi connectivity index (χ3n) is 5.57. The molecule has 1 atom stereocenters. The average molecular weight is 423 g/mol. The first-order valence-electron chi connectivity index (χ1n) is 9.89. The lowest BCUT2D eigenvalue weighted by molar-refractivity contribution is -0.126. The van der Waals surface area contributed by atoms with Crippen molar-refractivity contribution < 1.29 is 13.2 Å². The topological polar surface area (TPSA) is 102 Å². The van der Waals surface area contributed by atoms with Crippen molar-refractivity contribution in [2.24, 2.45) is 13.0 Å². The van der Waals surface area contributed by atoms with Crippen LogP contribution in [-0.2, 0) is 28.4 Å².